The summed E-state index contributed by atoms with van der Waals surface area (Å²) < 4.78 is 8.26. The summed E-state index contributed by atoms with van der Waals surface area (Å²) in [5, 5.41) is 4.86. The van der Waals surface area contributed by atoms with E-state index in [-0.39, 0.29) is 0 Å². The molecule has 5 heteroatoms. The fourth-order valence-corrected chi connectivity index (χ4v) is 3.39. The summed E-state index contributed by atoms with van der Waals surface area (Å²) in [5.74, 6) is 0.837. The maximum atomic E-state index is 5.26. The van der Waals surface area contributed by atoms with Crippen LogP contribution in [0.1, 0.15) is 12.6 Å². The van der Waals surface area contributed by atoms with Gasteiger partial charge in [0, 0.05) is 21.8 Å². The second kappa shape index (κ2) is 6.92. The summed E-state index contributed by atoms with van der Waals surface area (Å²) in [4.78, 5) is 4.63. The molecular weight excluding hydrogens is 390 g/mol. The molecular formula is C21H18BrN3O. The van der Waals surface area contributed by atoms with E-state index in [0.29, 0.717) is 0 Å². The van der Waals surface area contributed by atoms with Gasteiger partial charge in [0.05, 0.1) is 18.5 Å². The zero-order chi connectivity index (χ0) is 18.1. The van der Waals surface area contributed by atoms with Crippen molar-refractivity contribution in [2.45, 2.75) is 13.3 Å². The number of benzene rings is 2. The normalized spacial score (nSPS) is 11.0. The number of methoxy groups -OCH3 is 1. The molecule has 0 amide bonds. The van der Waals surface area contributed by atoms with Crippen LogP contribution in [0.25, 0.3) is 28.0 Å². The van der Waals surface area contributed by atoms with Crippen molar-refractivity contribution in [1.29, 1.82) is 0 Å². The van der Waals surface area contributed by atoms with Crippen LogP contribution in [0.5, 0.6) is 5.75 Å². The van der Waals surface area contributed by atoms with Crippen LogP contribution in [-0.2, 0) is 6.42 Å². The van der Waals surface area contributed by atoms with E-state index in [0.717, 1.165) is 50.4 Å². The van der Waals surface area contributed by atoms with Gasteiger partial charge in [-0.15, -0.1) is 0 Å². The number of ether oxygens (including phenoxy) is 1. The third kappa shape index (κ3) is 2.88. The van der Waals surface area contributed by atoms with Gasteiger partial charge in [0.25, 0.3) is 0 Å². The lowest BCUT2D eigenvalue weighted by Crippen LogP contribution is -1.96. The minimum Gasteiger partial charge on any atom is -0.497 e. The highest BCUT2D eigenvalue weighted by atomic mass is 79.9. The van der Waals surface area contributed by atoms with Gasteiger partial charge in [-0.05, 0) is 54.4 Å². The first-order valence-corrected chi connectivity index (χ1v) is 9.27. The van der Waals surface area contributed by atoms with Crippen LogP contribution in [0, 0.1) is 0 Å². The molecule has 4 rings (SSSR count). The lowest BCUT2D eigenvalue weighted by molar-refractivity contribution is 0.415. The number of hydrogen-bond donors (Lipinski definition) is 0. The van der Waals surface area contributed by atoms with Gasteiger partial charge in [0.2, 0.25) is 0 Å². The van der Waals surface area contributed by atoms with E-state index in [9.17, 15) is 0 Å². The van der Waals surface area contributed by atoms with E-state index in [1.54, 1.807) is 7.11 Å². The first-order valence-electron chi connectivity index (χ1n) is 8.48. The highest BCUT2D eigenvalue weighted by molar-refractivity contribution is 9.10. The van der Waals surface area contributed by atoms with Crippen LogP contribution in [0.4, 0.5) is 0 Å². The zero-order valence-corrected chi connectivity index (χ0v) is 16.2. The Morgan fingerprint density at radius 1 is 0.962 bits per heavy atom. The van der Waals surface area contributed by atoms with E-state index >= 15 is 0 Å². The summed E-state index contributed by atoms with van der Waals surface area (Å²) in [6.45, 7) is 2.12. The number of aromatic nitrogens is 3. The highest BCUT2D eigenvalue weighted by Gasteiger charge is 2.17. The lowest BCUT2D eigenvalue weighted by Gasteiger charge is -2.06. The average Bonchev–Trinajstić information content (AvgIpc) is 3.07. The van der Waals surface area contributed by atoms with Crippen molar-refractivity contribution < 1.29 is 4.74 Å². The van der Waals surface area contributed by atoms with Crippen LogP contribution in [0.3, 0.4) is 0 Å². The monoisotopic (exact) mass is 407 g/mol. The molecule has 4 nitrogen and oxygen atoms in total. The fraction of sp³-hybridized carbons (Fsp3) is 0.143. The Labute approximate surface area is 160 Å². The van der Waals surface area contributed by atoms with Gasteiger partial charge < -0.3 is 4.74 Å². The Morgan fingerprint density at radius 3 is 2.31 bits per heavy atom. The van der Waals surface area contributed by atoms with Crippen molar-refractivity contribution >= 4 is 21.6 Å². The Hall–Kier alpha value is -2.66. The van der Waals surface area contributed by atoms with Crippen LogP contribution in [0.2, 0.25) is 0 Å². The third-order valence-corrected chi connectivity index (χ3v) is 4.97. The largest absolute Gasteiger partial charge is 0.497 e. The molecule has 0 aliphatic heterocycles. The van der Waals surface area contributed by atoms with Crippen molar-refractivity contribution in [3.8, 4) is 28.1 Å². The molecule has 0 saturated heterocycles. The van der Waals surface area contributed by atoms with E-state index in [1.807, 2.05) is 53.2 Å². The summed E-state index contributed by atoms with van der Waals surface area (Å²) in [6.07, 6.45) is 2.69. The number of halogens is 1. The van der Waals surface area contributed by atoms with Crippen molar-refractivity contribution in [3.05, 3.63) is 71.0 Å². The molecule has 130 valence electrons. The van der Waals surface area contributed by atoms with E-state index in [1.165, 1.54) is 0 Å². The molecule has 0 aliphatic rings. The summed E-state index contributed by atoms with van der Waals surface area (Å²) in [6, 6.07) is 18.3. The maximum Gasteiger partial charge on any atom is 0.163 e. The molecule has 0 spiro atoms. The minimum absolute atomic E-state index is 0.837. The molecule has 2 aromatic heterocycles. The van der Waals surface area contributed by atoms with Gasteiger partial charge in [0.15, 0.2) is 5.65 Å². The smallest absolute Gasteiger partial charge is 0.163 e. The Kier molecular flexibility index (Phi) is 4.47. The van der Waals surface area contributed by atoms with Gasteiger partial charge in [0.1, 0.15) is 5.75 Å². The lowest BCUT2D eigenvalue weighted by atomic mass is 10.0. The number of hydrogen-bond acceptors (Lipinski definition) is 3. The van der Waals surface area contributed by atoms with E-state index < -0.39 is 0 Å². The predicted molar refractivity (Wildman–Crippen MR) is 107 cm³/mol. The van der Waals surface area contributed by atoms with Crippen molar-refractivity contribution in [3.63, 3.8) is 0 Å². The molecule has 0 bridgehead atoms. The first-order chi connectivity index (χ1) is 12.7. The summed E-state index contributed by atoms with van der Waals surface area (Å²) >= 11 is 3.50. The van der Waals surface area contributed by atoms with Crippen molar-refractivity contribution in [2.75, 3.05) is 7.11 Å². The maximum absolute atomic E-state index is 5.26. The Bertz CT molecular complexity index is 1050. The first kappa shape index (κ1) is 16.8. The van der Waals surface area contributed by atoms with Gasteiger partial charge in [-0.2, -0.15) is 5.10 Å². The van der Waals surface area contributed by atoms with Crippen molar-refractivity contribution in [1.82, 2.24) is 14.6 Å². The second-order valence-electron chi connectivity index (χ2n) is 5.98. The van der Waals surface area contributed by atoms with Gasteiger partial charge >= 0.3 is 0 Å². The quantitative estimate of drug-likeness (QED) is 0.454. The Balaban J connectivity index is 1.93. The van der Waals surface area contributed by atoms with Crippen LogP contribution in [-0.4, -0.2) is 21.7 Å². The molecule has 0 saturated carbocycles. The molecule has 0 radical (unpaired) electrons. The number of rotatable bonds is 4. The molecule has 0 fully saturated rings. The van der Waals surface area contributed by atoms with Crippen LogP contribution < -0.4 is 4.74 Å². The SMILES string of the molecule is CCc1nn2c(-c3ccc(OC)cc3)ccnc2c1-c1ccc(Br)cc1. The zero-order valence-electron chi connectivity index (χ0n) is 14.6. The number of fused-ring (bicyclic) bond motifs is 1. The third-order valence-electron chi connectivity index (χ3n) is 4.44. The second-order valence-corrected chi connectivity index (χ2v) is 6.89. The average molecular weight is 408 g/mol. The van der Waals surface area contributed by atoms with E-state index in [2.05, 4.69) is 40.0 Å². The summed E-state index contributed by atoms with van der Waals surface area (Å²) in [5.41, 5.74) is 6.22. The summed E-state index contributed by atoms with van der Waals surface area (Å²) in [7, 11) is 1.67. The van der Waals surface area contributed by atoms with Gasteiger partial charge in [-0.3, -0.25) is 0 Å². The van der Waals surface area contributed by atoms with Gasteiger partial charge in [-0.1, -0.05) is 35.0 Å². The molecule has 0 unspecified atom stereocenters. The minimum atomic E-state index is 0.837. The highest BCUT2D eigenvalue weighted by Crippen LogP contribution is 2.31. The van der Waals surface area contributed by atoms with Gasteiger partial charge in [-0.25, -0.2) is 9.50 Å². The molecule has 2 heterocycles. The number of aryl methyl sites for hydroxylation is 1. The predicted octanol–water partition coefficient (Wildman–Crippen LogP) is 5.40. The molecule has 2 aromatic carbocycles. The van der Waals surface area contributed by atoms with Crippen molar-refractivity contribution in [2.24, 2.45) is 0 Å². The standard InChI is InChI=1S/C21H18BrN3O/c1-3-18-20(15-4-8-16(22)9-5-15)21-23-13-12-19(25(21)24-18)14-6-10-17(26-2)11-7-14/h4-13H,3H2,1-2H3. The Morgan fingerprint density at radius 2 is 1.65 bits per heavy atom. The number of nitrogens with zero attached hydrogens (tertiary/aromatic N) is 3. The topological polar surface area (TPSA) is 39.4 Å². The molecule has 4 aromatic rings. The fourth-order valence-electron chi connectivity index (χ4n) is 3.13. The molecule has 0 N–H and O–H groups in total. The van der Waals surface area contributed by atoms with Crippen LogP contribution in [0.15, 0.2) is 65.3 Å². The molecule has 0 atom stereocenters. The van der Waals surface area contributed by atoms with Crippen LogP contribution >= 0.6 is 15.9 Å². The van der Waals surface area contributed by atoms with E-state index in [4.69, 9.17) is 9.84 Å². The molecule has 0 aliphatic carbocycles. The molecule has 26 heavy (non-hydrogen) atoms.